The molecule has 3 aromatic rings. The molecule has 3 rings (SSSR count). The Hall–Kier alpha value is -3.16. The molecule has 1 N–H and O–H groups in total. The Morgan fingerprint density at radius 2 is 1.73 bits per heavy atom. The Labute approximate surface area is 122 Å². The molecule has 0 aliphatic rings. The molecule has 8 heteroatoms. The van der Waals surface area contributed by atoms with E-state index in [4.69, 9.17) is 0 Å². The lowest BCUT2D eigenvalue weighted by molar-refractivity contribution is 0.0691. The summed E-state index contributed by atoms with van der Waals surface area (Å²) in [6.07, 6.45) is 2.93. The van der Waals surface area contributed by atoms with Gasteiger partial charge in [-0.1, -0.05) is 5.21 Å². The molecule has 0 saturated carbocycles. The molecule has 6 nitrogen and oxygen atoms in total. The first-order valence-corrected chi connectivity index (χ1v) is 6.12. The summed E-state index contributed by atoms with van der Waals surface area (Å²) in [7, 11) is 0. The number of benzene rings is 1. The molecule has 0 aliphatic heterocycles. The third kappa shape index (κ3) is 2.41. The lowest BCUT2D eigenvalue weighted by atomic mass is 10.1. The highest BCUT2D eigenvalue weighted by Gasteiger charge is 2.22. The summed E-state index contributed by atoms with van der Waals surface area (Å²) in [6.45, 7) is 0. The van der Waals surface area contributed by atoms with Crippen molar-refractivity contribution in [3.05, 3.63) is 60.1 Å². The van der Waals surface area contributed by atoms with Gasteiger partial charge in [0.1, 0.15) is 17.3 Å². The van der Waals surface area contributed by atoms with Crippen molar-refractivity contribution in [3.63, 3.8) is 0 Å². The van der Waals surface area contributed by atoms with Gasteiger partial charge in [-0.2, -0.15) is 0 Å². The molecule has 2 aromatic heterocycles. The normalized spacial score (nSPS) is 10.6. The van der Waals surface area contributed by atoms with Crippen LogP contribution >= 0.6 is 0 Å². The lowest BCUT2D eigenvalue weighted by Gasteiger charge is -2.07. The average molecular weight is 302 g/mol. The molecule has 0 unspecified atom stereocenters. The largest absolute Gasteiger partial charge is 0.476 e. The van der Waals surface area contributed by atoms with Gasteiger partial charge in [-0.05, 0) is 24.3 Å². The molecule has 0 amide bonds. The van der Waals surface area contributed by atoms with Crippen LogP contribution in [0.4, 0.5) is 8.78 Å². The number of hydrogen-bond acceptors (Lipinski definition) is 4. The third-order valence-corrected chi connectivity index (χ3v) is 2.92. The van der Waals surface area contributed by atoms with Crippen LogP contribution < -0.4 is 0 Å². The number of aromatic carboxylic acids is 1. The van der Waals surface area contributed by atoms with Gasteiger partial charge in [0.15, 0.2) is 5.69 Å². The number of pyridine rings is 1. The zero-order valence-corrected chi connectivity index (χ0v) is 10.9. The van der Waals surface area contributed by atoms with Crippen LogP contribution in [0.1, 0.15) is 10.5 Å². The number of rotatable bonds is 3. The van der Waals surface area contributed by atoms with E-state index in [9.17, 15) is 18.7 Å². The quantitative estimate of drug-likeness (QED) is 0.803. The number of aromatic nitrogens is 4. The summed E-state index contributed by atoms with van der Waals surface area (Å²) in [6, 6.07) is 5.89. The van der Waals surface area contributed by atoms with Crippen molar-refractivity contribution in [3.8, 4) is 16.9 Å². The predicted molar refractivity (Wildman–Crippen MR) is 71.5 cm³/mol. The second-order valence-electron chi connectivity index (χ2n) is 4.37. The van der Waals surface area contributed by atoms with Crippen molar-refractivity contribution in [2.75, 3.05) is 0 Å². The van der Waals surface area contributed by atoms with Gasteiger partial charge in [-0.3, -0.25) is 4.98 Å². The molecule has 0 spiro atoms. The number of carboxylic acids is 1. The van der Waals surface area contributed by atoms with E-state index in [0.717, 1.165) is 16.8 Å². The second kappa shape index (κ2) is 5.32. The molecule has 110 valence electrons. The molecule has 0 atom stereocenters. The van der Waals surface area contributed by atoms with Gasteiger partial charge in [-0.25, -0.2) is 18.3 Å². The van der Waals surface area contributed by atoms with Gasteiger partial charge in [0.2, 0.25) is 0 Å². The Morgan fingerprint density at radius 3 is 2.32 bits per heavy atom. The van der Waals surface area contributed by atoms with Gasteiger partial charge in [0, 0.05) is 24.0 Å². The van der Waals surface area contributed by atoms with Crippen molar-refractivity contribution in [1.29, 1.82) is 0 Å². The van der Waals surface area contributed by atoms with Crippen LogP contribution in [0.2, 0.25) is 0 Å². The second-order valence-corrected chi connectivity index (χ2v) is 4.37. The summed E-state index contributed by atoms with van der Waals surface area (Å²) in [4.78, 5) is 15.1. The lowest BCUT2D eigenvalue weighted by Crippen LogP contribution is -2.04. The fourth-order valence-electron chi connectivity index (χ4n) is 2.04. The van der Waals surface area contributed by atoms with Crippen LogP contribution in [0.15, 0.2) is 42.7 Å². The van der Waals surface area contributed by atoms with E-state index in [1.54, 1.807) is 12.1 Å². The highest BCUT2D eigenvalue weighted by molar-refractivity contribution is 5.93. The first kappa shape index (κ1) is 13.8. The van der Waals surface area contributed by atoms with Crippen molar-refractivity contribution in [2.45, 2.75) is 0 Å². The fraction of sp³-hybridized carbons (Fsp3) is 0. The van der Waals surface area contributed by atoms with Gasteiger partial charge in [0.25, 0.3) is 0 Å². The summed E-state index contributed by atoms with van der Waals surface area (Å²) in [5.41, 5.74) is 0.280. The van der Waals surface area contributed by atoms with Gasteiger partial charge >= 0.3 is 5.97 Å². The third-order valence-electron chi connectivity index (χ3n) is 2.92. The van der Waals surface area contributed by atoms with Crippen LogP contribution in [0.3, 0.4) is 0 Å². The standard InChI is InChI=1S/C14H8F2N4O2/c15-9-5-10(16)7-11(6-9)20-13(8-1-3-17-4-2-8)12(14(21)22)18-19-20/h1-7H,(H,21,22). The minimum absolute atomic E-state index is 0.0318. The molecule has 22 heavy (non-hydrogen) atoms. The monoisotopic (exact) mass is 302 g/mol. The minimum atomic E-state index is -1.30. The molecule has 1 aromatic carbocycles. The zero-order chi connectivity index (χ0) is 15.7. The van der Waals surface area contributed by atoms with Crippen LogP contribution in [0.5, 0.6) is 0 Å². The van der Waals surface area contributed by atoms with Crippen LogP contribution in [-0.4, -0.2) is 31.1 Å². The van der Waals surface area contributed by atoms with Crippen molar-refractivity contribution < 1.29 is 18.7 Å². The Kier molecular flexibility index (Phi) is 3.34. The van der Waals surface area contributed by atoms with E-state index in [1.807, 2.05) is 0 Å². The summed E-state index contributed by atoms with van der Waals surface area (Å²) >= 11 is 0. The van der Waals surface area contributed by atoms with E-state index in [-0.39, 0.29) is 17.1 Å². The number of halogens is 2. The van der Waals surface area contributed by atoms with Crippen molar-refractivity contribution in [1.82, 2.24) is 20.0 Å². The SMILES string of the molecule is O=C(O)c1nnn(-c2cc(F)cc(F)c2)c1-c1ccncc1. The molecular formula is C14H8F2N4O2. The van der Waals surface area contributed by atoms with Crippen molar-refractivity contribution >= 4 is 5.97 Å². The smallest absolute Gasteiger partial charge is 0.358 e. The Balaban J connectivity index is 2.27. The van der Waals surface area contributed by atoms with Gasteiger partial charge in [0.05, 0.1) is 5.69 Å². The molecule has 0 bridgehead atoms. The maximum atomic E-state index is 13.4. The molecule has 0 radical (unpaired) electrons. The topological polar surface area (TPSA) is 80.9 Å². The number of carboxylic acid groups (broad SMARTS) is 1. The number of hydrogen-bond donors (Lipinski definition) is 1. The van der Waals surface area contributed by atoms with Crippen molar-refractivity contribution in [2.24, 2.45) is 0 Å². The molecule has 0 aliphatic carbocycles. The van der Waals surface area contributed by atoms with Gasteiger partial charge < -0.3 is 5.11 Å². The Morgan fingerprint density at radius 1 is 1.09 bits per heavy atom. The fourth-order valence-corrected chi connectivity index (χ4v) is 2.04. The van der Waals surface area contributed by atoms with Gasteiger partial charge in [-0.15, -0.1) is 5.10 Å². The highest BCUT2D eigenvalue weighted by atomic mass is 19.1. The maximum absolute atomic E-state index is 13.4. The number of nitrogens with zero attached hydrogens (tertiary/aromatic N) is 4. The van der Waals surface area contributed by atoms with Crippen LogP contribution in [0, 0.1) is 11.6 Å². The van der Waals surface area contributed by atoms with Crippen LogP contribution in [-0.2, 0) is 0 Å². The first-order valence-electron chi connectivity index (χ1n) is 6.12. The Bertz CT molecular complexity index is 829. The number of carbonyl (C=O) groups is 1. The summed E-state index contributed by atoms with van der Waals surface area (Å²) < 4.78 is 27.8. The summed E-state index contributed by atoms with van der Waals surface area (Å²) in [5.74, 6) is -2.90. The van der Waals surface area contributed by atoms with E-state index in [0.29, 0.717) is 11.6 Å². The molecule has 0 saturated heterocycles. The van der Waals surface area contributed by atoms with E-state index < -0.39 is 17.6 Å². The maximum Gasteiger partial charge on any atom is 0.358 e. The molecule has 2 heterocycles. The molecular weight excluding hydrogens is 294 g/mol. The first-order chi connectivity index (χ1) is 10.6. The van der Waals surface area contributed by atoms with E-state index >= 15 is 0 Å². The average Bonchev–Trinajstić information content (AvgIpc) is 2.92. The van der Waals surface area contributed by atoms with Crippen LogP contribution in [0.25, 0.3) is 16.9 Å². The highest BCUT2D eigenvalue weighted by Crippen LogP contribution is 2.25. The van der Waals surface area contributed by atoms with E-state index in [1.165, 1.54) is 12.4 Å². The summed E-state index contributed by atoms with van der Waals surface area (Å²) in [5, 5.41) is 16.5. The van der Waals surface area contributed by atoms with E-state index in [2.05, 4.69) is 15.3 Å². The minimum Gasteiger partial charge on any atom is -0.476 e. The zero-order valence-electron chi connectivity index (χ0n) is 10.9. The molecule has 0 fully saturated rings. The predicted octanol–water partition coefficient (Wildman–Crippen LogP) is 2.31.